The molecular formula is C12H15ClN2O4. The van der Waals surface area contributed by atoms with Gasteiger partial charge in [0.25, 0.3) is 0 Å². The summed E-state index contributed by atoms with van der Waals surface area (Å²) in [5, 5.41) is 14.1. The molecular weight excluding hydrogens is 272 g/mol. The van der Waals surface area contributed by atoms with Gasteiger partial charge in [0.05, 0.1) is 12.8 Å². The van der Waals surface area contributed by atoms with E-state index < -0.39 is 18.0 Å². The number of ether oxygens (including phenoxy) is 1. The Balaban J connectivity index is 2.76. The minimum Gasteiger partial charge on any atom is -0.495 e. The van der Waals surface area contributed by atoms with Crippen molar-refractivity contribution in [1.29, 1.82) is 0 Å². The average Bonchev–Trinajstić information content (AvgIpc) is 2.35. The van der Waals surface area contributed by atoms with E-state index in [1.807, 2.05) is 0 Å². The van der Waals surface area contributed by atoms with Crippen molar-refractivity contribution in [3.63, 3.8) is 0 Å². The number of nitrogens with one attached hydrogen (secondary N) is 2. The van der Waals surface area contributed by atoms with Crippen LogP contribution in [0.25, 0.3) is 0 Å². The summed E-state index contributed by atoms with van der Waals surface area (Å²) in [6.07, 6.45) is 0.287. The third-order valence-electron chi connectivity index (χ3n) is 2.42. The van der Waals surface area contributed by atoms with Crippen LogP contribution in [0.2, 0.25) is 5.02 Å². The first-order valence-electron chi connectivity index (χ1n) is 5.61. The Morgan fingerprint density at radius 3 is 2.68 bits per heavy atom. The fraction of sp³-hybridized carbons (Fsp3) is 0.333. The van der Waals surface area contributed by atoms with E-state index in [1.54, 1.807) is 19.1 Å². The molecule has 6 nitrogen and oxygen atoms in total. The first-order valence-corrected chi connectivity index (χ1v) is 5.99. The number of halogens is 1. The summed E-state index contributed by atoms with van der Waals surface area (Å²) >= 11 is 5.82. The lowest BCUT2D eigenvalue weighted by molar-refractivity contribution is -0.139. The lowest BCUT2D eigenvalue weighted by Crippen LogP contribution is -2.42. The predicted octanol–water partition coefficient (Wildman–Crippen LogP) is 2.33. The zero-order chi connectivity index (χ0) is 14.4. The van der Waals surface area contributed by atoms with Gasteiger partial charge in [-0.25, -0.2) is 9.59 Å². The van der Waals surface area contributed by atoms with Gasteiger partial charge in [0.2, 0.25) is 0 Å². The molecule has 0 unspecified atom stereocenters. The number of aliphatic carboxylic acids is 1. The minimum absolute atomic E-state index is 0.287. The Bertz CT molecular complexity index is 479. The van der Waals surface area contributed by atoms with Crippen LogP contribution in [0.1, 0.15) is 13.3 Å². The Hall–Kier alpha value is -1.95. The molecule has 0 fully saturated rings. The van der Waals surface area contributed by atoms with Crippen molar-refractivity contribution in [3.8, 4) is 5.75 Å². The molecule has 0 aliphatic carbocycles. The van der Waals surface area contributed by atoms with E-state index in [2.05, 4.69) is 10.6 Å². The molecule has 0 aliphatic rings. The topological polar surface area (TPSA) is 87.7 Å². The molecule has 3 N–H and O–H groups in total. The largest absolute Gasteiger partial charge is 0.495 e. The van der Waals surface area contributed by atoms with E-state index >= 15 is 0 Å². The molecule has 1 rings (SSSR count). The molecule has 0 aliphatic heterocycles. The fourth-order valence-electron chi connectivity index (χ4n) is 1.43. The Labute approximate surface area is 115 Å². The summed E-state index contributed by atoms with van der Waals surface area (Å²) in [6, 6.07) is 3.17. The Morgan fingerprint density at radius 2 is 2.16 bits per heavy atom. The Morgan fingerprint density at radius 1 is 1.47 bits per heavy atom. The first kappa shape index (κ1) is 15.1. The van der Waals surface area contributed by atoms with E-state index in [-0.39, 0.29) is 6.42 Å². The molecule has 0 saturated carbocycles. The number of carbonyl (C=O) groups is 2. The second kappa shape index (κ2) is 6.84. The van der Waals surface area contributed by atoms with Crippen LogP contribution in [0.5, 0.6) is 5.75 Å². The van der Waals surface area contributed by atoms with Crippen LogP contribution < -0.4 is 15.4 Å². The highest BCUT2D eigenvalue weighted by Gasteiger charge is 2.18. The van der Waals surface area contributed by atoms with Gasteiger partial charge in [-0.3, -0.25) is 0 Å². The molecule has 104 valence electrons. The fourth-order valence-corrected chi connectivity index (χ4v) is 1.61. The summed E-state index contributed by atoms with van der Waals surface area (Å²) in [6.45, 7) is 1.67. The number of urea groups is 1. The van der Waals surface area contributed by atoms with Crippen molar-refractivity contribution >= 4 is 29.3 Å². The minimum atomic E-state index is -1.09. The molecule has 0 heterocycles. The maximum Gasteiger partial charge on any atom is 0.326 e. The van der Waals surface area contributed by atoms with Crippen molar-refractivity contribution in [3.05, 3.63) is 23.2 Å². The number of rotatable bonds is 5. The number of carbonyl (C=O) groups excluding carboxylic acids is 1. The third kappa shape index (κ3) is 4.33. The maximum atomic E-state index is 11.7. The molecule has 0 bridgehead atoms. The smallest absolute Gasteiger partial charge is 0.326 e. The molecule has 1 aromatic carbocycles. The van der Waals surface area contributed by atoms with E-state index in [0.717, 1.165) is 0 Å². The molecule has 0 saturated heterocycles. The van der Waals surface area contributed by atoms with Crippen molar-refractivity contribution in [1.82, 2.24) is 5.32 Å². The van der Waals surface area contributed by atoms with Gasteiger partial charge in [-0.05, 0) is 24.6 Å². The maximum absolute atomic E-state index is 11.7. The zero-order valence-corrected chi connectivity index (χ0v) is 11.3. The van der Waals surface area contributed by atoms with Gasteiger partial charge >= 0.3 is 12.0 Å². The summed E-state index contributed by atoms with van der Waals surface area (Å²) < 4.78 is 5.06. The van der Waals surface area contributed by atoms with Crippen LogP contribution in [0.4, 0.5) is 10.5 Å². The van der Waals surface area contributed by atoms with Gasteiger partial charge < -0.3 is 20.5 Å². The Kier molecular flexibility index (Phi) is 5.44. The standard InChI is InChI=1S/C12H15ClN2O4/c1-3-8(11(16)17)14-12(18)15-9-6-7(13)4-5-10(9)19-2/h4-6,8H,3H2,1-2H3,(H,16,17)(H2,14,15,18)/t8-/m1/s1. The monoisotopic (exact) mass is 286 g/mol. The lowest BCUT2D eigenvalue weighted by Gasteiger charge is -2.15. The van der Waals surface area contributed by atoms with E-state index in [1.165, 1.54) is 13.2 Å². The lowest BCUT2D eigenvalue weighted by atomic mass is 10.2. The molecule has 7 heteroatoms. The summed E-state index contributed by atoms with van der Waals surface area (Å²) in [5.41, 5.74) is 0.368. The summed E-state index contributed by atoms with van der Waals surface area (Å²) in [7, 11) is 1.46. The van der Waals surface area contributed by atoms with Crippen LogP contribution >= 0.6 is 11.6 Å². The molecule has 1 aromatic rings. The highest BCUT2D eigenvalue weighted by atomic mass is 35.5. The molecule has 0 spiro atoms. The number of amides is 2. The van der Waals surface area contributed by atoms with Gasteiger partial charge in [0, 0.05) is 5.02 Å². The van der Waals surface area contributed by atoms with Crippen molar-refractivity contribution in [2.24, 2.45) is 0 Å². The van der Waals surface area contributed by atoms with E-state index in [9.17, 15) is 9.59 Å². The quantitative estimate of drug-likeness (QED) is 0.775. The number of hydrogen-bond acceptors (Lipinski definition) is 3. The summed E-state index contributed by atoms with van der Waals surface area (Å²) in [4.78, 5) is 22.5. The number of benzene rings is 1. The third-order valence-corrected chi connectivity index (χ3v) is 2.66. The van der Waals surface area contributed by atoms with E-state index in [0.29, 0.717) is 16.5 Å². The first-order chi connectivity index (χ1) is 8.97. The van der Waals surface area contributed by atoms with Crippen LogP contribution in [0, 0.1) is 0 Å². The van der Waals surface area contributed by atoms with Gasteiger partial charge in [0.1, 0.15) is 11.8 Å². The SMILES string of the molecule is CC[C@@H](NC(=O)Nc1cc(Cl)ccc1OC)C(=O)O. The van der Waals surface area contributed by atoms with Gasteiger partial charge in [0.15, 0.2) is 0 Å². The molecule has 1 atom stereocenters. The van der Waals surface area contributed by atoms with Crippen LogP contribution in [0.3, 0.4) is 0 Å². The predicted molar refractivity (Wildman–Crippen MR) is 71.9 cm³/mol. The van der Waals surface area contributed by atoms with Gasteiger partial charge in [-0.2, -0.15) is 0 Å². The van der Waals surface area contributed by atoms with Crippen molar-refractivity contribution < 1.29 is 19.4 Å². The second-order valence-corrected chi connectivity index (χ2v) is 4.18. The number of anilines is 1. The zero-order valence-electron chi connectivity index (χ0n) is 10.6. The van der Waals surface area contributed by atoms with Crippen molar-refractivity contribution in [2.45, 2.75) is 19.4 Å². The van der Waals surface area contributed by atoms with E-state index in [4.69, 9.17) is 21.4 Å². The van der Waals surface area contributed by atoms with Crippen molar-refractivity contribution in [2.75, 3.05) is 12.4 Å². The second-order valence-electron chi connectivity index (χ2n) is 3.74. The molecule has 0 aromatic heterocycles. The van der Waals surface area contributed by atoms with Crippen LogP contribution in [0.15, 0.2) is 18.2 Å². The summed E-state index contributed by atoms with van der Waals surface area (Å²) in [5.74, 6) is -0.654. The number of carboxylic acid groups (broad SMARTS) is 1. The molecule has 2 amide bonds. The highest BCUT2D eigenvalue weighted by molar-refractivity contribution is 6.31. The highest BCUT2D eigenvalue weighted by Crippen LogP contribution is 2.27. The van der Waals surface area contributed by atoms with Gasteiger partial charge in [-0.1, -0.05) is 18.5 Å². The van der Waals surface area contributed by atoms with Gasteiger partial charge in [-0.15, -0.1) is 0 Å². The average molecular weight is 287 g/mol. The van der Waals surface area contributed by atoms with Crippen LogP contribution in [-0.4, -0.2) is 30.3 Å². The normalized spacial score (nSPS) is 11.5. The molecule has 0 radical (unpaired) electrons. The molecule has 19 heavy (non-hydrogen) atoms. The number of hydrogen-bond donors (Lipinski definition) is 3. The number of carboxylic acids is 1. The number of methoxy groups -OCH3 is 1. The van der Waals surface area contributed by atoms with Crippen LogP contribution in [-0.2, 0) is 4.79 Å².